The molecule has 0 spiro atoms. The minimum atomic E-state index is -2.99. The van der Waals surface area contributed by atoms with Gasteiger partial charge in [0.1, 0.15) is 15.6 Å². The number of guanidine groups is 1. The van der Waals surface area contributed by atoms with Gasteiger partial charge < -0.3 is 15.4 Å². The van der Waals surface area contributed by atoms with E-state index in [1.54, 1.807) is 25.2 Å². The van der Waals surface area contributed by atoms with Crippen LogP contribution in [0.1, 0.15) is 12.0 Å². The molecular weight excluding hydrogens is 328 g/mol. The van der Waals surface area contributed by atoms with Crippen LogP contribution in [-0.4, -0.2) is 46.6 Å². The summed E-state index contributed by atoms with van der Waals surface area (Å²) in [6.45, 7) is -2.21. The molecule has 0 aromatic heterocycles. The second-order valence-corrected chi connectivity index (χ2v) is 7.08. The molecular formula is C14H21F2N3O3S. The minimum absolute atomic E-state index is 0.0854. The lowest BCUT2D eigenvalue weighted by molar-refractivity contribution is -0.0504. The van der Waals surface area contributed by atoms with Gasteiger partial charge in [-0.25, -0.2) is 8.42 Å². The molecule has 1 rings (SSSR count). The van der Waals surface area contributed by atoms with Crippen LogP contribution in [-0.2, 0) is 16.4 Å². The van der Waals surface area contributed by atoms with Crippen molar-refractivity contribution in [1.82, 2.24) is 10.6 Å². The van der Waals surface area contributed by atoms with Crippen molar-refractivity contribution in [2.45, 2.75) is 19.6 Å². The highest BCUT2D eigenvalue weighted by molar-refractivity contribution is 7.90. The molecule has 0 saturated heterocycles. The van der Waals surface area contributed by atoms with E-state index < -0.39 is 16.4 Å². The van der Waals surface area contributed by atoms with Crippen molar-refractivity contribution in [3.8, 4) is 5.75 Å². The molecule has 130 valence electrons. The first-order valence-corrected chi connectivity index (χ1v) is 9.03. The van der Waals surface area contributed by atoms with Gasteiger partial charge in [0, 0.05) is 32.0 Å². The van der Waals surface area contributed by atoms with E-state index in [-0.39, 0.29) is 18.0 Å². The Morgan fingerprint density at radius 3 is 2.61 bits per heavy atom. The van der Waals surface area contributed by atoms with Crippen molar-refractivity contribution in [2.24, 2.45) is 4.99 Å². The Morgan fingerprint density at radius 2 is 2.00 bits per heavy atom. The summed E-state index contributed by atoms with van der Waals surface area (Å²) in [6, 6.07) is 6.46. The maximum atomic E-state index is 12.3. The molecule has 1 aromatic rings. The zero-order valence-corrected chi connectivity index (χ0v) is 13.9. The Hall–Kier alpha value is -1.90. The van der Waals surface area contributed by atoms with Gasteiger partial charge in [-0.1, -0.05) is 18.2 Å². The smallest absolute Gasteiger partial charge is 0.387 e. The maximum absolute atomic E-state index is 12.3. The summed E-state index contributed by atoms with van der Waals surface area (Å²) in [5, 5.41) is 5.92. The maximum Gasteiger partial charge on any atom is 0.387 e. The van der Waals surface area contributed by atoms with Crippen LogP contribution in [0.15, 0.2) is 29.3 Å². The van der Waals surface area contributed by atoms with Gasteiger partial charge in [-0.2, -0.15) is 8.78 Å². The Morgan fingerprint density at radius 1 is 1.30 bits per heavy atom. The fourth-order valence-electron chi connectivity index (χ4n) is 1.80. The van der Waals surface area contributed by atoms with Crippen LogP contribution < -0.4 is 15.4 Å². The molecule has 9 heteroatoms. The summed E-state index contributed by atoms with van der Waals surface area (Å²) in [4.78, 5) is 3.98. The molecule has 0 fully saturated rings. The Labute approximate surface area is 134 Å². The molecule has 0 bridgehead atoms. The molecule has 23 heavy (non-hydrogen) atoms. The lowest BCUT2D eigenvalue weighted by Crippen LogP contribution is -2.37. The number of para-hydroxylation sites is 1. The van der Waals surface area contributed by atoms with Gasteiger partial charge in [-0.15, -0.1) is 0 Å². The number of hydrogen-bond donors (Lipinski definition) is 2. The van der Waals surface area contributed by atoms with Gasteiger partial charge in [-0.3, -0.25) is 4.99 Å². The normalized spacial score (nSPS) is 12.3. The van der Waals surface area contributed by atoms with E-state index in [1.807, 2.05) is 0 Å². The largest absolute Gasteiger partial charge is 0.434 e. The fourth-order valence-corrected chi connectivity index (χ4v) is 2.47. The number of sulfone groups is 1. The van der Waals surface area contributed by atoms with Crippen LogP contribution in [0.3, 0.4) is 0 Å². The molecule has 0 unspecified atom stereocenters. The number of nitrogens with zero attached hydrogens (tertiary/aromatic N) is 1. The quantitative estimate of drug-likeness (QED) is 0.421. The monoisotopic (exact) mass is 349 g/mol. The van der Waals surface area contributed by atoms with Crippen molar-refractivity contribution in [1.29, 1.82) is 0 Å². The Bertz CT molecular complexity index is 621. The Kier molecular flexibility index (Phi) is 7.73. The summed E-state index contributed by atoms with van der Waals surface area (Å²) in [5.41, 5.74) is 0.562. The molecule has 0 heterocycles. The molecule has 0 amide bonds. The van der Waals surface area contributed by atoms with Gasteiger partial charge in [0.15, 0.2) is 5.96 Å². The third-order valence-electron chi connectivity index (χ3n) is 2.84. The fraction of sp³-hybridized carbons (Fsp3) is 0.500. The van der Waals surface area contributed by atoms with Crippen LogP contribution in [0.2, 0.25) is 0 Å². The number of alkyl halides is 2. The van der Waals surface area contributed by atoms with Crippen LogP contribution in [0.5, 0.6) is 5.75 Å². The molecule has 1 aromatic carbocycles. The standard InChI is InChI=1S/C14H21F2N3O3S/c1-17-14(18-8-5-9-23(2,20)21)19-10-11-6-3-4-7-12(11)22-13(15)16/h3-4,6-7,13H,5,8-10H2,1-2H3,(H2,17,18,19). The summed E-state index contributed by atoms with van der Waals surface area (Å²) in [5.74, 6) is 0.634. The molecule has 0 atom stereocenters. The lowest BCUT2D eigenvalue weighted by atomic mass is 10.2. The zero-order valence-electron chi connectivity index (χ0n) is 13.1. The highest BCUT2D eigenvalue weighted by atomic mass is 32.2. The minimum Gasteiger partial charge on any atom is -0.434 e. The highest BCUT2D eigenvalue weighted by Gasteiger charge is 2.09. The van der Waals surface area contributed by atoms with E-state index in [1.165, 1.54) is 12.3 Å². The van der Waals surface area contributed by atoms with Crippen LogP contribution >= 0.6 is 0 Å². The van der Waals surface area contributed by atoms with E-state index in [9.17, 15) is 17.2 Å². The Balaban J connectivity index is 2.49. The van der Waals surface area contributed by atoms with Crippen molar-refractivity contribution >= 4 is 15.8 Å². The topological polar surface area (TPSA) is 79.8 Å². The average molecular weight is 349 g/mol. The van der Waals surface area contributed by atoms with E-state index >= 15 is 0 Å². The van der Waals surface area contributed by atoms with E-state index in [0.717, 1.165) is 0 Å². The number of nitrogens with one attached hydrogen (secondary N) is 2. The summed E-state index contributed by atoms with van der Waals surface area (Å²) in [6.07, 6.45) is 1.63. The van der Waals surface area contributed by atoms with E-state index in [4.69, 9.17) is 0 Å². The number of benzene rings is 1. The van der Waals surface area contributed by atoms with Gasteiger partial charge in [0.05, 0.1) is 5.75 Å². The molecule has 6 nitrogen and oxygen atoms in total. The van der Waals surface area contributed by atoms with Gasteiger partial charge in [0.2, 0.25) is 0 Å². The van der Waals surface area contributed by atoms with Crippen molar-refractivity contribution in [2.75, 3.05) is 25.6 Å². The second-order valence-electron chi connectivity index (χ2n) is 4.82. The first-order chi connectivity index (χ1) is 10.8. The van der Waals surface area contributed by atoms with Crippen LogP contribution in [0.25, 0.3) is 0 Å². The number of halogens is 2. The average Bonchev–Trinajstić information content (AvgIpc) is 2.46. The molecule has 0 aliphatic carbocycles. The number of aliphatic imine (C=N–C) groups is 1. The number of rotatable bonds is 8. The zero-order chi connectivity index (χ0) is 17.3. The lowest BCUT2D eigenvalue weighted by Gasteiger charge is -2.14. The number of hydrogen-bond acceptors (Lipinski definition) is 4. The van der Waals surface area contributed by atoms with Crippen molar-refractivity contribution < 1.29 is 21.9 Å². The molecule has 0 aliphatic rings. The third kappa shape index (κ3) is 8.34. The van der Waals surface area contributed by atoms with E-state index in [2.05, 4.69) is 20.4 Å². The molecule has 2 N–H and O–H groups in total. The van der Waals surface area contributed by atoms with Gasteiger partial charge in [-0.05, 0) is 12.5 Å². The van der Waals surface area contributed by atoms with Crippen LogP contribution in [0.4, 0.5) is 8.78 Å². The van der Waals surface area contributed by atoms with Crippen molar-refractivity contribution in [3.05, 3.63) is 29.8 Å². The van der Waals surface area contributed by atoms with Gasteiger partial charge in [0.25, 0.3) is 0 Å². The SMILES string of the molecule is CN=C(NCCCS(C)(=O)=O)NCc1ccccc1OC(F)F. The summed E-state index contributed by atoms with van der Waals surface area (Å²) in [7, 11) is -1.43. The van der Waals surface area contributed by atoms with Gasteiger partial charge >= 0.3 is 6.61 Å². The highest BCUT2D eigenvalue weighted by Crippen LogP contribution is 2.19. The van der Waals surface area contributed by atoms with E-state index in [0.29, 0.717) is 24.5 Å². The van der Waals surface area contributed by atoms with Crippen LogP contribution in [0, 0.1) is 0 Å². The first-order valence-electron chi connectivity index (χ1n) is 6.97. The summed E-state index contributed by atoms with van der Waals surface area (Å²) < 4.78 is 51.2. The predicted molar refractivity (Wildman–Crippen MR) is 85.6 cm³/mol. The predicted octanol–water partition coefficient (Wildman–Crippen LogP) is 1.39. The second kappa shape index (κ2) is 9.29. The first kappa shape index (κ1) is 19.1. The molecule has 0 radical (unpaired) electrons. The molecule has 0 saturated carbocycles. The molecule has 0 aliphatic heterocycles. The third-order valence-corrected chi connectivity index (χ3v) is 3.87. The number of ether oxygens (including phenoxy) is 1. The van der Waals surface area contributed by atoms with Crippen molar-refractivity contribution in [3.63, 3.8) is 0 Å². The summed E-state index contributed by atoms with van der Waals surface area (Å²) >= 11 is 0.